The van der Waals surface area contributed by atoms with Crippen LogP contribution in [0.3, 0.4) is 0 Å². The van der Waals surface area contributed by atoms with Gasteiger partial charge in [0.15, 0.2) is 0 Å². The summed E-state index contributed by atoms with van der Waals surface area (Å²) in [6.07, 6.45) is 3.84. The first-order valence-electron chi connectivity index (χ1n) is 6.48. The Morgan fingerprint density at radius 1 is 1.47 bits per heavy atom. The van der Waals surface area contributed by atoms with Crippen molar-refractivity contribution in [1.82, 2.24) is 5.32 Å². The summed E-state index contributed by atoms with van der Waals surface area (Å²) in [5.74, 6) is 2.25. The van der Waals surface area contributed by atoms with E-state index in [9.17, 15) is 4.79 Å². The Kier molecular flexibility index (Phi) is 6.34. The second-order valence-corrected chi connectivity index (χ2v) is 6.75. The Labute approximate surface area is 109 Å². The molecule has 1 heterocycles. The highest BCUT2D eigenvalue weighted by molar-refractivity contribution is 7.99. The summed E-state index contributed by atoms with van der Waals surface area (Å²) in [7, 11) is 0. The maximum atomic E-state index is 11.5. The van der Waals surface area contributed by atoms with Crippen molar-refractivity contribution in [1.29, 1.82) is 0 Å². The van der Waals surface area contributed by atoms with Crippen LogP contribution in [-0.2, 0) is 9.53 Å². The molecule has 0 aliphatic carbocycles. The van der Waals surface area contributed by atoms with Crippen LogP contribution in [0.25, 0.3) is 0 Å². The van der Waals surface area contributed by atoms with Crippen molar-refractivity contribution in [3.63, 3.8) is 0 Å². The number of hydrogen-bond acceptors (Lipinski definition) is 4. The number of piperidine rings is 1. The van der Waals surface area contributed by atoms with E-state index in [2.05, 4.69) is 5.32 Å². The Balaban J connectivity index is 2.01. The smallest absolute Gasteiger partial charge is 0.316 e. The van der Waals surface area contributed by atoms with Crippen molar-refractivity contribution >= 4 is 17.7 Å². The van der Waals surface area contributed by atoms with E-state index in [0.717, 1.165) is 18.2 Å². The largest absolute Gasteiger partial charge is 0.459 e. The van der Waals surface area contributed by atoms with E-state index >= 15 is 0 Å². The van der Waals surface area contributed by atoms with Gasteiger partial charge < -0.3 is 10.1 Å². The molecule has 1 aliphatic rings. The van der Waals surface area contributed by atoms with E-state index in [1.54, 1.807) is 11.8 Å². The van der Waals surface area contributed by atoms with Gasteiger partial charge in [0, 0.05) is 0 Å². The SMILES string of the molecule is CC(C)(C)OC(=O)CSCCC1CCCNC1. The average Bonchev–Trinajstić information content (AvgIpc) is 2.23. The number of esters is 1. The molecule has 0 aromatic carbocycles. The highest BCUT2D eigenvalue weighted by Crippen LogP contribution is 2.17. The third-order valence-electron chi connectivity index (χ3n) is 2.71. The molecule has 0 saturated carbocycles. The summed E-state index contributed by atoms with van der Waals surface area (Å²) in [5, 5.41) is 3.41. The van der Waals surface area contributed by atoms with Crippen LogP contribution in [0, 0.1) is 5.92 Å². The van der Waals surface area contributed by atoms with Gasteiger partial charge in [-0.1, -0.05) is 0 Å². The van der Waals surface area contributed by atoms with Gasteiger partial charge in [0.1, 0.15) is 5.60 Å². The molecular weight excluding hydrogens is 234 g/mol. The lowest BCUT2D eigenvalue weighted by atomic mass is 9.97. The third-order valence-corrected chi connectivity index (χ3v) is 3.67. The highest BCUT2D eigenvalue weighted by Gasteiger charge is 2.16. The first kappa shape index (κ1) is 14.8. The summed E-state index contributed by atoms with van der Waals surface area (Å²) in [6.45, 7) is 8.03. The van der Waals surface area contributed by atoms with Crippen LogP contribution in [0.2, 0.25) is 0 Å². The summed E-state index contributed by atoms with van der Waals surface area (Å²) in [4.78, 5) is 11.5. The Morgan fingerprint density at radius 2 is 2.24 bits per heavy atom. The standard InChI is InChI=1S/C13H25NO2S/c1-13(2,3)16-12(15)10-17-8-6-11-5-4-7-14-9-11/h11,14H,4-10H2,1-3H3. The number of carbonyl (C=O) groups is 1. The molecule has 1 N–H and O–H groups in total. The van der Waals surface area contributed by atoms with Crippen molar-refractivity contribution in [2.24, 2.45) is 5.92 Å². The quantitative estimate of drug-likeness (QED) is 0.608. The molecule has 1 rings (SSSR count). The molecule has 0 amide bonds. The molecule has 1 saturated heterocycles. The molecule has 1 aliphatic heterocycles. The summed E-state index contributed by atoms with van der Waals surface area (Å²) >= 11 is 1.69. The molecule has 0 aromatic heterocycles. The molecule has 0 radical (unpaired) electrons. The lowest BCUT2D eigenvalue weighted by molar-refractivity contribution is -0.151. The number of nitrogens with one attached hydrogen (secondary N) is 1. The fourth-order valence-electron chi connectivity index (χ4n) is 1.95. The highest BCUT2D eigenvalue weighted by atomic mass is 32.2. The van der Waals surface area contributed by atoms with E-state index in [4.69, 9.17) is 4.74 Å². The molecule has 3 nitrogen and oxygen atoms in total. The number of thioether (sulfide) groups is 1. The van der Waals surface area contributed by atoms with Gasteiger partial charge in [-0.15, -0.1) is 0 Å². The normalized spacial score (nSPS) is 21.2. The lowest BCUT2D eigenvalue weighted by Crippen LogP contribution is -2.30. The van der Waals surface area contributed by atoms with Crippen LogP contribution >= 0.6 is 11.8 Å². The van der Waals surface area contributed by atoms with Gasteiger partial charge in [-0.2, -0.15) is 11.8 Å². The van der Waals surface area contributed by atoms with E-state index in [1.165, 1.54) is 25.8 Å². The summed E-state index contributed by atoms with van der Waals surface area (Å²) < 4.78 is 5.26. The maximum absolute atomic E-state index is 11.5. The zero-order chi connectivity index (χ0) is 12.7. The zero-order valence-electron chi connectivity index (χ0n) is 11.3. The van der Waals surface area contributed by atoms with Crippen LogP contribution in [0.4, 0.5) is 0 Å². The molecule has 0 aromatic rings. The minimum atomic E-state index is -0.356. The average molecular weight is 259 g/mol. The molecular formula is C13H25NO2S. The zero-order valence-corrected chi connectivity index (χ0v) is 12.1. The van der Waals surface area contributed by atoms with Crippen LogP contribution in [0.1, 0.15) is 40.0 Å². The Bertz CT molecular complexity index is 232. The van der Waals surface area contributed by atoms with Crippen molar-refractivity contribution in [2.45, 2.75) is 45.6 Å². The number of ether oxygens (including phenoxy) is 1. The predicted molar refractivity (Wildman–Crippen MR) is 73.4 cm³/mol. The van der Waals surface area contributed by atoms with E-state index in [1.807, 2.05) is 20.8 Å². The monoisotopic (exact) mass is 259 g/mol. The summed E-state index contributed by atoms with van der Waals surface area (Å²) in [5.41, 5.74) is -0.356. The van der Waals surface area contributed by atoms with Gasteiger partial charge in [0.2, 0.25) is 0 Å². The minimum absolute atomic E-state index is 0.0933. The molecule has 1 atom stereocenters. The fraction of sp³-hybridized carbons (Fsp3) is 0.923. The van der Waals surface area contributed by atoms with Gasteiger partial charge in [0.25, 0.3) is 0 Å². The number of hydrogen-bond donors (Lipinski definition) is 1. The second-order valence-electron chi connectivity index (χ2n) is 5.64. The predicted octanol–water partition coefficient (Wildman–Crippen LogP) is 2.45. The topological polar surface area (TPSA) is 38.3 Å². The molecule has 4 heteroatoms. The molecule has 1 unspecified atom stereocenters. The van der Waals surface area contributed by atoms with Crippen LogP contribution in [-0.4, -0.2) is 36.2 Å². The second kappa shape index (κ2) is 7.27. The van der Waals surface area contributed by atoms with Crippen LogP contribution < -0.4 is 5.32 Å². The van der Waals surface area contributed by atoms with Gasteiger partial charge in [-0.05, 0) is 64.8 Å². The van der Waals surface area contributed by atoms with E-state index in [-0.39, 0.29) is 11.6 Å². The Hall–Kier alpha value is -0.220. The van der Waals surface area contributed by atoms with Gasteiger partial charge in [-0.3, -0.25) is 4.79 Å². The number of rotatable bonds is 5. The molecule has 0 bridgehead atoms. The van der Waals surface area contributed by atoms with Gasteiger partial charge in [0.05, 0.1) is 5.75 Å². The van der Waals surface area contributed by atoms with Crippen LogP contribution in [0.5, 0.6) is 0 Å². The molecule has 1 fully saturated rings. The molecule has 0 spiro atoms. The minimum Gasteiger partial charge on any atom is -0.459 e. The summed E-state index contributed by atoms with van der Waals surface area (Å²) in [6, 6.07) is 0. The van der Waals surface area contributed by atoms with Crippen molar-refractivity contribution < 1.29 is 9.53 Å². The van der Waals surface area contributed by atoms with E-state index < -0.39 is 0 Å². The first-order chi connectivity index (χ1) is 7.97. The molecule has 100 valence electrons. The van der Waals surface area contributed by atoms with Gasteiger partial charge >= 0.3 is 5.97 Å². The lowest BCUT2D eigenvalue weighted by Gasteiger charge is -2.22. The first-order valence-corrected chi connectivity index (χ1v) is 7.63. The van der Waals surface area contributed by atoms with Crippen molar-refractivity contribution in [3.8, 4) is 0 Å². The van der Waals surface area contributed by atoms with Crippen molar-refractivity contribution in [2.75, 3.05) is 24.6 Å². The third kappa shape index (κ3) is 7.66. The van der Waals surface area contributed by atoms with Crippen molar-refractivity contribution in [3.05, 3.63) is 0 Å². The van der Waals surface area contributed by atoms with Crippen LogP contribution in [0.15, 0.2) is 0 Å². The maximum Gasteiger partial charge on any atom is 0.316 e. The Morgan fingerprint density at radius 3 is 2.82 bits per heavy atom. The van der Waals surface area contributed by atoms with Gasteiger partial charge in [-0.25, -0.2) is 0 Å². The van der Waals surface area contributed by atoms with E-state index in [0.29, 0.717) is 5.75 Å². The number of carbonyl (C=O) groups excluding carboxylic acids is 1. The molecule has 17 heavy (non-hydrogen) atoms. The fourth-order valence-corrected chi connectivity index (χ4v) is 2.82.